The van der Waals surface area contributed by atoms with Crippen molar-refractivity contribution in [3.63, 3.8) is 0 Å². The van der Waals surface area contributed by atoms with E-state index >= 15 is 0 Å². The number of alkyl halides is 1. The standard InChI is InChI=1S/C9H16ClNO3/c1-9(2,3)11(8(13)14-4)6-7(12)5-10/h5-6H2,1-4H3. The summed E-state index contributed by atoms with van der Waals surface area (Å²) in [6, 6.07) is 0. The molecule has 82 valence electrons. The number of carbonyl (C=O) groups is 2. The minimum atomic E-state index is -0.518. The van der Waals surface area contributed by atoms with Crippen molar-refractivity contribution in [2.45, 2.75) is 26.3 Å². The molecule has 0 aromatic rings. The lowest BCUT2D eigenvalue weighted by Gasteiger charge is -2.33. The highest BCUT2D eigenvalue weighted by molar-refractivity contribution is 6.28. The zero-order valence-corrected chi connectivity index (χ0v) is 9.72. The maximum Gasteiger partial charge on any atom is 0.410 e. The zero-order valence-electron chi connectivity index (χ0n) is 8.96. The van der Waals surface area contributed by atoms with Crippen molar-refractivity contribution in [3.8, 4) is 0 Å². The van der Waals surface area contributed by atoms with Gasteiger partial charge in [0, 0.05) is 5.54 Å². The third kappa shape index (κ3) is 3.96. The van der Waals surface area contributed by atoms with Crippen LogP contribution in [0, 0.1) is 0 Å². The van der Waals surface area contributed by atoms with Crippen LogP contribution in [0.25, 0.3) is 0 Å². The summed E-state index contributed by atoms with van der Waals surface area (Å²) in [5.74, 6) is -0.296. The minimum Gasteiger partial charge on any atom is -0.453 e. The van der Waals surface area contributed by atoms with E-state index in [1.54, 1.807) is 0 Å². The summed E-state index contributed by atoms with van der Waals surface area (Å²) in [4.78, 5) is 23.8. The Morgan fingerprint density at radius 2 is 1.86 bits per heavy atom. The summed E-state index contributed by atoms with van der Waals surface area (Å²) in [5, 5.41) is 0. The number of hydrogen-bond acceptors (Lipinski definition) is 3. The number of methoxy groups -OCH3 is 1. The van der Waals surface area contributed by atoms with Gasteiger partial charge in [0.15, 0.2) is 5.78 Å². The number of hydrogen-bond donors (Lipinski definition) is 0. The van der Waals surface area contributed by atoms with E-state index in [2.05, 4.69) is 4.74 Å². The molecule has 0 aromatic heterocycles. The van der Waals surface area contributed by atoms with Crippen LogP contribution >= 0.6 is 11.6 Å². The highest BCUT2D eigenvalue weighted by Crippen LogP contribution is 2.14. The van der Waals surface area contributed by atoms with Crippen LogP contribution in [0.2, 0.25) is 0 Å². The molecule has 4 nitrogen and oxygen atoms in total. The van der Waals surface area contributed by atoms with Gasteiger partial charge in [-0.15, -0.1) is 11.6 Å². The van der Waals surface area contributed by atoms with E-state index in [0.717, 1.165) is 0 Å². The van der Waals surface area contributed by atoms with Gasteiger partial charge >= 0.3 is 6.09 Å². The highest BCUT2D eigenvalue weighted by atomic mass is 35.5. The third-order valence-corrected chi connectivity index (χ3v) is 1.99. The molecule has 0 aromatic carbocycles. The van der Waals surface area contributed by atoms with Crippen molar-refractivity contribution >= 4 is 23.5 Å². The molecule has 0 spiro atoms. The highest BCUT2D eigenvalue weighted by Gasteiger charge is 2.28. The van der Waals surface area contributed by atoms with Crippen LogP contribution in [0.15, 0.2) is 0 Å². The second-order valence-corrected chi connectivity index (χ2v) is 4.17. The van der Waals surface area contributed by atoms with Crippen LogP contribution < -0.4 is 0 Å². The summed E-state index contributed by atoms with van der Waals surface area (Å²) >= 11 is 5.37. The first-order valence-corrected chi connectivity index (χ1v) is 4.79. The largest absolute Gasteiger partial charge is 0.453 e. The fraction of sp³-hybridized carbons (Fsp3) is 0.778. The first-order chi connectivity index (χ1) is 6.32. The van der Waals surface area contributed by atoms with E-state index in [4.69, 9.17) is 11.6 Å². The normalized spacial score (nSPS) is 10.9. The van der Waals surface area contributed by atoms with Crippen molar-refractivity contribution in [1.82, 2.24) is 4.90 Å². The summed E-state index contributed by atoms with van der Waals surface area (Å²) < 4.78 is 4.58. The number of halogens is 1. The van der Waals surface area contributed by atoms with Crippen LogP contribution in [0.3, 0.4) is 0 Å². The summed E-state index contributed by atoms with van der Waals surface area (Å²) in [5.41, 5.74) is -0.450. The average molecular weight is 222 g/mol. The second-order valence-electron chi connectivity index (χ2n) is 3.90. The Hall–Kier alpha value is -0.770. The van der Waals surface area contributed by atoms with Crippen molar-refractivity contribution in [1.29, 1.82) is 0 Å². The maximum absolute atomic E-state index is 11.3. The molecule has 0 rings (SSSR count). The number of ketones is 1. The second kappa shape index (κ2) is 5.20. The topological polar surface area (TPSA) is 46.6 Å². The lowest BCUT2D eigenvalue weighted by atomic mass is 10.1. The molecule has 0 aliphatic carbocycles. The van der Waals surface area contributed by atoms with Gasteiger partial charge in [-0.1, -0.05) is 0 Å². The van der Waals surface area contributed by atoms with Crippen LogP contribution in [0.1, 0.15) is 20.8 Å². The van der Waals surface area contributed by atoms with Crippen LogP contribution in [-0.4, -0.2) is 41.8 Å². The van der Waals surface area contributed by atoms with E-state index in [1.807, 2.05) is 20.8 Å². The predicted octanol–water partition coefficient (Wildman–Crippen LogP) is 1.66. The Bertz CT molecular complexity index is 223. The van der Waals surface area contributed by atoms with E-state index in [0.29, 0.717) is 0 Å². The number of nitrogens with zero attached hydrogens (tertiary/aromatic N) is 1. The molecule has 0 bridgehead atoms. The van der Waals surface area contributed by atoms with Crippen molar-refractivity contribution in [3.05, 3.63) is 0 Å². The molecule has 0 aliphatic heterocycles. The molecule has 0 atom stereocenters. The first kappa shape index (κ1) is 13.2. The Balaban J connectivity index is 4.58. The number of amides is 1. The van der Waals surface area contributed by atoms with Crippen LogP contribution in [-0.2, 0) is 9.53 Å². The molecule has 0 saturated heterocycles. The van der Waals surface area contributed by atoms with E-state index < -0.39 is 11.6 Å². The summed E-state index contributed by atoms with van der Waals surface area (Å²) in [6.45, 7) is 5.46. The molecule has 0 aliphatic rings. The number of carbonyl (C=O) groups excluding carboxylic acids is 2. The lowest BCUT2D eigenvalue weighted by molar-refractivity contribution is -0.118. The summed E-state index contributed by atoms with van der Waals surface area (Å²) in [6.07, 6.45) is -0.518. The molecule has 14 heavy (non-hydrogen) atoms. The van der Waals surface area contributed by atoms with Crippen molar-refractivity contribution in [2.24, 2.45) is 0 Å². The average Bonchev–Trinajstić information content (AvgIpc) is 2.10. The quantitative estimate of drug-likeness (QED) is 0.681. The molecule has 1 amide bonds. The summed E-state index contributed by atoms with van der Waals surface area (Å²) in [7, 11) is 1.28. The SMILES string of the molecule is COC(=O)N(CC(=O)CCl)C(C)(C)C. The Morgan fingerprint density at radius 1 is 1.36 bits per heavy atom. The number of rotatable bonds is 3. The maximum atomic E-state index is 11.3. The molecular formula is C9H16ClNO3. The Labute approximate surface area is 89.2 Å². The Morgan fingerprint density at radius 3 is 2.14 bits per heavy atom. The van der Waals surface area contributed by atoms with Gasteiger partial charge in [0.25, 0.3) is 0 Å². The number of Topliss-reactive ketones (excluding diaryl/α,β-unsaturated/α-hetero) is 1. The van der Waals surface area contributed by atoms with E-state index in [-0.39, 0.29) is 18.2 Å². The monoisotopic (exact) mass is 221 g/mol. The van der Waals surface area contributed by atoms with Crippen LogP contribution in [0.4, 0.5) is 4.79 Å². The fourth-order valence-corrected chi connectivity index (χ4v) is 0.989. The van der Waals surface area contributed by atoms with Gasteiger partial charge in [-0.2, -0.15) is 0 Å². The molecule has 0 unspecified atom stereocenters. The smallest absolute Gasteiger partial charge is 0.410 e. The van der Waals surface area contributed by atoms with Gasteiger partial charge in [0.2, 0.25) is 0 Å². The van der Waals surface area contributed by atoms with Crippen LogP contribution in [0.5, 0.6) is 0 Å². The number of ether oxygens (including phenoxy) is 1. The minimum absolute atomic E-state index is 0.0142. The molecule has 0 fully saturated rings. The van der Waals surface area contributed by atoms with Gasteiger partial charge < -0.3 is 4.74 Å². The molecule has 0 radical (unpaired) electrons. The van der Waals surface area contributed by atoms with Gasteiger partial charge in [0.05, 0.1) is 19.5 Å². The zero-order chi connectivity index (χ0) is 11.4. The molecule has 0 N–H and O–H groups in total. The van der Waals surface area contributed by atoms with Gasteiger partial charge in [-0.3, -0.25) is 9.69 Å². The van der Waals surface area contributed by atoms with Gasteiger partial charge in [0.1, 0.15) is 0 Å². The first-order valence-electron chi connectivity index (χ1n) is 4.26. The molecule has 5 heteroatoms. The predicted molar refractivity (Wildman–Crippen MR) is 54.6 cm³/mol. The van der Waals surface area contributed by atoms with Crippen molar-refractivity contribution in [2.75, 3.05) is 19.5 Å². The lowest BCUT2D eigenvalue weighted by Crippen LogP contribution is -2.48. The molecular weight excluding hydrogens is 206 g/mol. The molecule has 0 saturated carbocycles. The van der Waals surface area contributed by atoms with Gasteiger partial charge in [-0.25, -0.2) is 4.79 Å². The Kier molecular flexibility index (Phi) is 4.91. The fourth-order valence-electron chi connectivity index (χ4n) is 0.904. The third-order valence-electron chi connectivity index (χ3n) is 1.69. The van der Waals surface area contributed by atoms with Crippen molar-refractivity contribution < 1.29 is 14.3 Å². The molecule has 0 heterocycles. The van der Waals surface area contributed by atoms with E-state index in [1.165, 1.54) is 12.0 Å². The van der Waals surface area contributed by atoms with E-state index in [9.17, 15) is 9.59 Å². The van der Waals surface area contributed by atoms with Gasteiger partial charge in [-0.05, 0) is 20.8 Å².